The van der Waals surface area contributed by atoms with Crippen molar-refractivity contribution in [2.24, 2.45) is 34.5 Å². The molecule has 0 aromatic rings. The third kappa shape index (κ3) is 3.73. The Hall–Kier alpha value is -0.120. The van der Waals surface area contributed by atoms with Gasteiger partial charge in [-0.15, -0.1) is 0 Å². The molecule has 0 N–H and O–H groups in total. The van der Waals surface area contributed by atoms with Gasteiger partial charge in [-0.3, -0.25) is 0 Å². The lowest BCUT2D eigenvalue weighted by Crippen LogP contribution is -2.61. The maximum atomic E-state index is 6.39. The number of rotatable bonds is 7. The molecule has 0 spiro atoms. The van der Waals surface area contributed by atoms with E-state index in [0.717, 1.165) is 24.7 Å². The van der Waals surface area contributed by atoms with E-state index in [1.165, 1.54) is 51.4 Å². The van der Waals surface area contributed by atoms with Gasteiger partial charge >= 0.3 is 0 Å². The summed E-state index contributed by atoms with van der Waals surface area (Å²) >= 11 is 0. The fraction of sp³-hybridized carbons (Fsp3) is 0.929. The molecule has 0 heterocycles. The summed E-state index contributed by atoms with van der Waals surface area (Å²) in [6.07, 6.45) is 13.6. The number of unbranched alkanes of at least 4 members (excludes halogenated alkanes) is 1. The van der Waals surface area contributed by atoms with Crippen LogP contribution in [0.2, 0.25) is 0 Å². The van der Waals surface area contributed by atoms with Crippen LogP contribution in [0, 0.1) is 46.3 Å². The molecule has 0 aliphatic heterocycles. The van der Waals surface area contributed by atoms with E-state index in [1.54, 1.807) is 11.8 Å². The van der Waals surface area contributed by atoms with Crippen LogP contribution in [0.1, 0.15) is 91.9 Å². The molecule has 3 heteroatoms. The van der Waals surface area contributed by atoms with Gasteiger partial charge in [-0.05, 0) is 80.0 Å². The van der Waals surface area contributed by atoms with Crippen molar-refractivity contribution >= 4 is 0 Å². The smallest absolute Gasteiger partial charge is 0.0645 e. The molecule has 4 aliphatic rings. The Labute approximate surface area is 192 Å². The van der Waals surface area contributed by atoms with E-state index >= 15 is 0 Å². The molecule has 4 rings (SSSR count). The topological polar surface area (TPSA) is 27.7 Å². The van der Waals surface area contributed by atoms with Gasteiger partial charge in [0.25, 0.3) is 0 Å². The minimum absolute atomic E-state index is 0.252. The Morgan fingerprint density at radius 2 is 1.74 bits per heavy atom. The quantitative estimate of drug-likeness (QED) is 0.450. The van der Waals surface area contributed by atoms with Crippen molar-refractivity contribution in [3.05, 3.63) is 11.8 Å². The van der Waals surface area contributed by atoms with Crippen LogP contribution in [0.4, 0.5) is 0 Å². The predicted octanol–water partition coefficient (Wildman–Crippen LogP) is 6.65. The summed E-state index contributed by atoms with van der Waals surface area (Å²) in [5.74, 6) is 6.27. The lowest BCUT2D eigenvalue weighted by Gasteiger charge is -2.64. The summed E-state index contributed by atoms with van der Waals surface area (Å²) in [5.41, 5.74) is 0.547. The molecule has 0 amide bonds. The van der Waals surface area contributed by atoms with Gasteiger partial charge in [0.15, 0.2) is 0 Å². The van der Waals surface area contributed by atoms with Gasteiger partial charge in [0.05, 0.1) is 18.3 Å². The summed E-state index contributed by atoms with van der Waals surface area (Å²) in [6, 6.07) is 0. The zero-order valence-electron chi connectivity index (χ0n) is 21.3. The Morgan fingerprint density at radius 3 is 2.39 bits per heavy atom. The van der Waals surface area contributed by atoms with Crippen molar-refractivity contribution in [2.75, 3.05) is 21.3 Å². The second-order valence-corrected chi connectivity index (χ2v) is 11.8. The Balaban J connectivity index is 1.66. The molecule has 4 aliphatic carbocycles. The minimum atomic E-state index is 0.252. The highest BCUT2D eigenvalue weighted by Gasteiger charge is 2.66. The number of ether oxygens (including phenoxy) is 3. The first-order chi connectivity index (χ1) is 14.8. The Kier molecular flexibility index (Phi) is 7.17. The zero-order chi connectivity index (χ0) is 22.4. The third-order valence-electron chi connectivity index (χ3n) is 10.7. The fourth-order valence-corrected chi connectivity index (χ4v) is 8.86. The van der Waals surface area contributed by atoms with E-state index in [2.05, 4.69) is 27.7 Å². The highest BCUT2D eigenvalue weighted by Crippen LogP contribution is 2.70. The molecule has 4 fully saturated rings. The lowest BCUT2D eigenvalue weighted by molar-refractivity contribution is -0.138. The maximum Gasteiger partial charge on any atom is 0.0645 e. The molecular formula is C28H48O3. The van der Waals surface area contributed by atoms with Crippen LogP contribution >= 0.6 is 0 Å². The van der Waals surface area contributed by atoms with Crippen molar-refractivity contribution in [3.8, 4) is 0 Å². The van der Waals surface area contributed by atoms with Gasteiger partial charge < -0.3 is 14.2 Å². The van der Waals surface area contributed by atoms with Gasteiger partial charge in [-0.2, -0.15) is 0 Å². The van der Waals surface area contributed by atoms with Crippen LogP contribution in [0.5, 0.6) is 0 Å². The molecule has 31 heavy (non-hydrogen) atoms. The molecular weight excluding hydrogens is 384 g/mol. The van der Waals surface area contributed by atoms with Crippen molar-refractivity contribution < 1.29 is 14.2 Å². The van der Waals surface area contributed by atoms with Crippen LogP contribution in [-0.2, 0) is 14.2 Å². The predicted molar refractivity (Wildman–Crippen MR) is 127 cm³/mol. The molecule has 0 saturated heterocycles. The summed E-state index contributed by atoms with van der Waals surface area (Å²) in [6.45, 7) is 10.00. The number of methoxy groups -OCH3 is 3. The second kappa shape index (κ2) is 9.26. The van der Waals surface area contributed by atoms with Crippen LogP contribution in [0.3, 0.4) is 0 Å². The molecule has 9 atom stereocenters. The summed E-state index contributed by atoms with van der Waals surface area (Å²) in [7, 11) is 5.81. The minimum Gasteiger partial charge on any atom is -0.381 e. The summed E-state index contributed by atoms with van der Waals surface area (Å²) < 4.78 is 18.5. The first-order valence-electron chi connectivity index (χ1n) is 13.1. The molecule has 0 aromatic heterocycles. The Bertz CT molecular complexity index is 607. The van der Waals surface area contributed by atoms with Crippen molar-refractivity contribution in [1.29, 1.82) is 0 Å². The average Bonchev–Trinajstić information content (AvgIpc) is 3.13. The van der Waals surface area contributed by atoms with Gasteiger partial charge in [0.1, 0.15) is 0 Å². The van der Waals surface area contributed by atoms with Crippen molar-refractivity contribution in [1.82, 2.24) is 0 Å². The van der Waals surface area contributed by atoms with E-state index in [4.69, 9.17) is 14.2 Å². The van der Waals surface area contributed by atoms with Crippen molar-refractivity contribution in [2.45, 2.75) is 110 Å². The highest BCUT2D eigenvalue weighted by atomic mass is 16.5. The van der Waals surface area contributed by atoms with E-state index in [-0.39, 0.29) is 11.5 Å². The average molecular weight is 433 g/mol. The molecule has 3 nitrogen and oxygen atoms in total. The highest BCUT2D eigenvalue weighted by molar-refractivity contribution is 5.32. The van der Waals surface area contributed by atoms with Crippen molar-refractivity contribution in [3.63, 3.8) is 0 Å². The maximum absolute atomic E-state index is 6.39. The van der Waals surface area contributed by atoms with E-state index in [1.807, 2.05) is 21.3 Å². The molecule has 2 radical (unpaired) electrons. The normalized spacial score (nSPS) is 46.9. The molecule has 0 aromatic carbocycles. The van der Waals surface area contributed by atoms with Gasteiger partial charge in [0.2, 0.25) is 0 Å². The van der Waals surface area contributed by atoms with E-state index in [9.17, 15) is 0 Å². The molecule has 0 unspecified atom stereocenters. The van der Waals surface area contributed by atoms with E-state index in [0.29, 0.717) is 29.5 Å². The number of fused-ring (bicyclic) bond motifs is 5. The van der Waals surface area contributed by atoms with Crippen LogP contribution < -0.4 is 0 Å². The molecule has 4 saturated carbocycles. The summed E-state index contributed by atoms with van der Waals surface area (Å²) in [5, 5.41) is 0. The zero-order valence-corrected chi connectivity index (χ0v) is 21.3. The van der Waals surface area contributed by atoms with Crippen LogP contribution in [0.15, 0.2) is 0 Å². The van der Waals surface area contributed by atoms with Crippen LogP contribution in [0.25, 0.3) is 0 Å². The first-order valence-corrected chi connectivity index (χ1v) is 13.1. The number of hydrogen-bond donors (Lipinski definition) is 0. The number of hydrogen-bond acceptors (Lipinski definition) is 3. The van der Waals surface area contributed by atoms with Gasteiger partial charge in [0, 0.05) is 32.7 Å². The third-order valence-corrected chi connectivity index (χ3v) is 10.7. The Morgan fingerprint density at radius 1 is 0.968 bits per heavy atom. The first kappa shape index (κ1) is 24.0. The molecule has 178 valence electrons. The largest absolute Gasteiger partial charge is 0.381 e. The van der Waals surface area contributed by atoms with Crippen LogP contribution in [-0.4, -0.2) is 39.6 Å². The monoisotopic (exact) mass is 432 g/mol. The standard InChI is InChI=1S/C28H48O3/c1-8-9-10-18(2)21-11-12-22-26-23(17-25(31-7)28(21,22)4)27(3)14-13-20(29-5)15-19(27)16-24(26)30-6/h18,20-25H,8-17H2,1-7H3/t18-,20-,21-,22+,23+,24-,25+,27+,28-/m1/s1. The van der Waals surface area contributed by atoms with Gasteiger partial charge in [-0.25, -0.2) is 0 Å². The molecule has 0 bridgehead atoms. The van der Waals surface area contributed by atoms with E-state index < -0.39 is 0 Å². The second-order valence-electron chi connectivity index (χ2n) is 11.8. The summed E-state index contributed by atoms with van der Waals surface area (Å²) in [4.78, 5) is 0. The SMILES string of the molecule is CCCC[C@@H](C)[C@H]1CC[C@H]2[C]3[C@H](OC)C[C]4C[C@H](OC)CC[C@]4(C)[C@H]3C[C@H](OC)[C@]12C. The van der Waals surface area contributed by atoms with Gasteiger partial charge in [-0.1, -0.05) is 47.0 Å². The fourth-order valence-electron chi connectivity index (χ4n) is 8.86. The lowest BCUT2D eigenvalue weighted by atomic mass is 9.43.